The van der Waals surface area contributed by atoms with E-state index in [2.05, 4.69) is 35.2 Å². The summed E-state index contributed by atoms with van der Waals surface area (Å²) in [4.78, 5) is 19.4. The molecule has 2 aliphatic rings. The summed E-state index contributed by atoms with van der Waals surface area (Å²) in [6, 6.07) is 0.430. The smallest absolute Gasteiger partial charge is 0.222 e. The molecule has 2 heterocycles. The molecule has 1 saturated heterocycles. The van der Waals surface area contributed by atoms with Gasteiger partial charge in [-0.25, -0.2) is 4.98 Å². The number of amides is 1. The molecule has 3 rings (SSSR count). The molecule has 4 nitrogen and oxygen atoms in total. The van der Waals surface area contributed by atoms with Crippen LogP contribution in [0.4, 0.5) is 0 Å². The van der Waals surface area contributed by atoms with E-state index in [1.165, 1.54) is 43.6 Å². The van der Waals surface area contributed by atoms with Gasteiger partial charge >= 0.3 is 0 Å². The van der Waals surface area contributed by atoms with Gasteiger partial charge in [-0.1, -0.05) is 19.3 Å². The fourth-order valence-corrected chi connectivity index (χ4v) is 4.40. The number of aryl methyl sites for hydroxylation is 1. The van der Waals surface area contributed by atoms with Gasteiger partial charge in [-0.3, -0.25) is 4.79 Å². The maximum atomic E-state index is 12.6. The van der Waals surface area contributed by atoms with Gasteiger partial charge in [0.2, 0.25) is 5.91 Å². The van der Waals surface area contributed by atoms with Crippen LogP contribution in [0.1, 0.15) is 82.3 Å². The number of aromatic nitrogens is 2. The summed E-state index contributed by atoms with van der Waals surface area (Å²) < 4.78 is 2.33. The molecule has 128 valence electrons. The van der Waals surface area contributed by atoms with Crippen LogP contribution in [0.25, 0.3) is 0 Å². The van der Waals surface area contributed by atoms with Crippen molar-refractivity contribution in [3.63, 3.8) is 0 Å². The van der Waals surface area contributed by atoms with E-state index < -0.39 is 0 Å². The van der Waals surface area contributed by atoms with Crippen LogP contribution in [-0.2, 0) is 4.79 Å². The minimum Gasteiger partial charge on any atom is -0.342 e. The molecule has 4 heteroatoms. The van der Waals surface area contributed by atoms with Crippen molar-refractivity contribution < 1.29 is 4.79 Å². The number of likely N-dealkylation sites (tertiary alicyclic amines) is 1. The molecular weight excluding hydrogens is 286 g/mol. The summed E-state index contributed by atoms with van der Waals surface area (Å²) in [5.41, 5.74) is 1.22. The summed E-state index contributed by atoms with van der Waals surface area (Å²) in [6.45, 7) is 8.30. The van der Waals surface area contributed by atoms with Crippen molar-refractivity contribution in [2.45, 2.75) is 77.7 Å². The third kappa shape index (κ3) is 3.61. The Kier molecular flexibility index (Phi) is 5.08. The normalized spacial score (nSPS) is 23.0. The molecule has 0 radical (unpaired) electrons. The minimum atomic E-state index is 0.374. The van der Waals surface area contributed by atoms with Crippen molar-refractivity contribution in [1.29, 1.82) is 0 Å². The van der Waals surface area contributed by atoms with Gasteiger partial charge in [-0.05, 0) is 46.0 Å². The molecule has 0 aromatic carbocycles. The Hall–Kier alpha value is -1.32. The molecule has 0 bridgehead atoms. The van der Waals surface area contributed by atoms with E-state index >= 15 is 0 Å². The van der Waals surface area contributed by atoms with E-state index in [1.807, 2.05) is 6.20 Å². The Bertz CT molecular complexity index is 543. The van der Waals surface area contributed by atoms with Crippen molar-refractivity contribution in [1.82, 2.24) is 14.5 Å². The first kappa shape index (κ1) is 16.5. The monoisotopic (exact) mass is 317 g/mol. The van der Waals surface area contributed by atoms with Gasteiger partial charge in [0.15, 0.2) is 0 Å². The van der Waals surface area contributed by atoms with Gasteiger partial charge in [0.05, 0.1) is 0 Å². The number of carbonyl (C=O) groups is 1. The van der Waals surface area contributed by atoms with Crippen LogP contribution < -0.4 is 0 Å². The molecule has 1 aromatic rings. The number of hydrogen-bond acceptors (Lipinski definition) is 2. The van der Waals surface area contributed by atoms with Gasteiger partial charge < -0.3 is 9.47 Å². The molecule has 1 aliphatic heterocycles. The fourth-order valence-electron chi connectivity index (χ4n) is 4.40. The first-order valence-corrected chi connectivity index (χ1v) is 9.37. The summed E-state index contributed by atoms with van der Waals surface area (Å²) in [5, 5.41) is 0. The van der Waals surface area contributed by atoms with Gasteiger partial charge in [-0.15, -0.1) is 0 Å². The Morgan fingerprint density at radius 2 is 2.00 bits per heavy atom. The highest BCUT2D eigenvalue weighted by Gasteiger charge is 2.31. The molecule has 0 spiro atoms. The summed E-state index contributed by atoms with van der Waals surface area (Å²) in [7, 11) is 0. The molecule has 1 atom stereocenters. The summed E-state index contributed by atoms with van der Waals surface area (Å²) in [6.07, 6.45) is 10.3. The molecule has 1 aliphatic carbocycles. The highest BCUT2D eigenvalue weighted by Crippen LogP contribution is 2.31. The number of imidazole rings is 1. The topological polar surface area (TPSA) is 38.1 Å². The second-order valence-corrected chi connectivity index (χ2v) is 7.76. The lowest BCUT2D eigenvalue weighted by atomic mass is 9.87. The Morgan fingerprint density at radius 1 is 1.26 bits per heavy atom. The van der Waals surface area contributed by atoms with Crippen LogP contribution in [0.15, 0.2) is 6.20 Å². The Balaban J connectivity index is 1.61. The zero-order chi connectivity index (χ0) is 16.4. The van der Waals surface area contributed by atoms with Gasteiger partial charge in [0, 0.05) is 43.4 Å². The third-order valence-corrected chi connectivity index (χ3v) is 5.62. The van der Waals surface area contributed by atoms with Gasteiger partial charge in [0.1, 0.15) is 5.82 Å². The van der Waals surface area contributed by atoms with E-state index in [0.717, 1.165) is 25.9 Å². The molecule has 1 unspecified atom stereocenters. The zero-order valence-electron chi connectivity index (χ0n) is 14.9. The van der Waals surface area contributed by atoms with Crippen LogP contribution in [0.5, 0.6) is 0 Å². The fraction of sp³-hybridized carbons (Fsp3) is 0.789. The van der Waals surface area contributed by atoms with Gasteiger partial charge in [0.25, 0.3) is 0 Å². The van der Waals surface area contributed by atoms with E-state index in [1.54, 1.807) is 0 Å². The third-order valence-electron chi connectivity index (χ3n) is 5.62. The molecular formula is C19H31N3O. The standard InChI is InChI=1S/C19H31N3O/c1-14(2)22-15(3)12-20-19(22)17-9-10-21(13-17)18(23)11-16-7-5-4-6-8-16/h12,14,16-17H,4-11,13H2,1-3H3. The van der Waals surface area contributed by atoms with Crippen LogP contribution in [0.3, 0.4) is 0 Å². The van der Waals surface area contributed by atoms with Crippen LogP contribution >= 0.6 is 0 Å². The number of nitrogens with zero attached hydrogens (tertiary/aromatic N) is 3. The molecule has 0 N–H and O–H groups in total. The second-order valence-electron chi connectivity index (χ2n) is 7.76. The van der Waals surface area contributed by atoms with Crippen molar-refractivity contribution in [3.8, 4) is 0 Å². The predicted molar refractivity (Wildman–Crippen MR) is 92.5 cm³/mol. The average molecular weight is 317 g/mol. The number of carbonyl (C=O) groups excluding carboxylic acids is 1. The highest BCUT2D eigenvalue weighted by atomic mass is 16.2. The zero-order valence-corrected chi connectivity index (χ0v) is 14.9. The van der Waals surface area contributed by atoms with Crippen LogP contribution in [0.2, 0.25) is 0 Å². The first-order chi connectivity index (χ1) is 11.1. The van der Waals surface area contributed by atoms with Crippen molar-refractivity contribution >= 4 is 5.91 Å². The molecule has 23 heavy (non-hydrogen) atoms. The lowest BCUT2D eigenvalue weighted by Crippen LogP contribution is -2.30. The summed E-state index contributed by atoms with van der Waals surface area (Å²) >= 11 is 0. The molecule has 2 fully saturated rings. The van der Waals surface area contributed by atoms with E-state index in [-0.39, 0.29) is 0 Å². The van der Waals surface area contributed by atoms with E-state index in [0.29, 0.717) is 23.8 Å². The number of hydrogen-bond donors (Lipinski definition) is 0. The van der Waals surface area contributed by atoms with Crippen LogP contribution in [0, 0.1) is 12.8 Å². The average Bonchev–Trinajstić information content (AvgIpc) is 3.14. The van der Waals surface area contributed by atoms with E-state index in [4.69, 9.17) is 0 Å². The quantitative estimate of drug-likeness (QED) is 0.840. The van der Waals surface area contributed by atoms with Crippen molar-refractivity contribution in [2.24, 2.45) is 5.92 Å². The minimum absolute atomic E-state index is 0.374. The maximum absolute atomic E-state index is 12.6. The van der Waals surface area contributed by atoms with Crippen molar-refractivity contribution in [3.05, 3.63) is 17.7 Å². The molecule has 1 aromatic heterocycles. The van der Waals surface area contributed by atoms with Gasteiger partial charge in [-0.2, -0.15) is 0 Å². The highest BCUT2D eigenvalue weighted by molar-refractivity contribution is 5.76. The van der Waals surface area contributed by atoms with Crippen LogP contribution in [-0.4, -0.2) is 33.4 Å². The van der Waals surface area contributed by atoms with Crippen molar-refractivity contribution in [2.75, 3.05) is 13.1 Å². The van der Waals surface area contributed by atoms with E-state index in [9.17, 15) is 4.79 Å². The summed E-state index contributed by atoms with van der Waals surface area (Å²) in [5.74, 6) is 2.58. The Morgan fingerprint density at radius 3 is 2.70 bits per heavy atom. The molecule has 1 saturated carbocycles. The Labute approximate surface area is 140 Å². The first-order valence-electron chi connectivity index (χ1n) is 9.37. The lowest BCUT2D eigenvalue weighted by Gasteiger charge is -2.24. The predicted octanol–water partition coefficient (Wildman–Crippen LogP) is 4.06. The molecule has 1 amide bonds. The lowest BCUT2D eigenvalue weighted by molar-refractivity contribution is -0.131. The largest absolute Gasteiger partial charge is 0.342 e. The number of rotatable bonds is 4. The maximum Gasteiger partial charge on any atom is 0.222 e. The SMILES string of the molecule is Cc1cnc(C2CCN(C(=O)CC3CCCCC3)C2)n1C(C)C. The second kappa shape index (κ2) is 7.06.